The number of rotatable bonds is 4. The Balaban J connectivity index is 1.60. The lowest BCUT2D eigenvalue weighted by molar-refractivity contribution is 0.125. The molecule has 112 valence electrons. The van der Waals surface area contributed by atoms with Crippen LogP contribution in [-0.4, -0.2) is 40.1 Å². The monoisotopic (exact) mass is 276 g/mol. The number of nitrogens with zero attached hydrogens (tertiary/aromatic N) is 3. The quantitative estimate of drug-likeness (QED) is 0.914. The maximum Gasteiger partial charge on any atom is 0.122 e. The van der Waals surface area contributed by atoms with Crippen LogP contribution in [0.4, 0.5) is 0 Å². The summed E-state index contributed by atoms with van der Waals surface area (Å²) in [4.78, 5) is 7.08. The number of aromatic nitrogens is 2. The summed E-state index contributed by atoms with van der Waals surface area (Å²) in [5, 5.41) is 3.71. The second kappa shape index (κ2) is 6.27. The molecule has 0 bridgehead atoms. The van der Waals surface area contributed by atoms with Crippen LogP contribution >= 0.6 is 0 Å². The Morgan fingerprint density at radius 1 is 1.35 bits per heavy atom. The van der Waals surface area contributed by atoms with Crippen LogP contribution in [0.1, 0.15) is 38.9 Å². The summed E-state index contributed by atoms with van der Waals surface area (Å²) >= 11 is 0. The molecule has 0 aromatic carbocycles. The summed E-state index contributed by atoms with van der Waals surface area (Å²) in [6.07, 6.45) is 8.16. The van der Waals surface area contributed by atoms with Crippen molar-refractivity contribution in [3.63, 3.8) is 0 Å². The van der Waals surface area contributed by atoms with Gasteiger partial charge in [0, 0.05) is 38.1 Å². The SMILES string of the molecule is CCNC1CCC(C)CC1CN1CCn2ccnc2C1. The molecule has 1 aliphatic heterocycles. The summed E-state index contributed by atoms with van der Waals surface area (Å²) in [7, 11) is 0. The standard InChI is InChI=1S/C16H28N4/c1-3-17-15-5-4-13(2)10-14(15)11-19-8-9-20-7-6-18-16(20)12-19/h6-7,13-15,17H,3-5,8-12H2,1-2H3. The average Bonchev–Trinajstić information content (AvgIpc) is 2.89. The number of imidazole rings is 1. The van der Waals surface area contributed by atoms with E-state index in [2.05, 4.69) is 39.8 Å². The van der Waals surface area contributed by atoms with E-state index in [4.69, 9.17) is 0 Å². The van der Waals surface area contributed by atoms with Gasteiger partial charge in [0.15, 0.2) is 0 Å². The highest BCUT2D eigenvalue weighted by atomic mass is 15.2. The van der Waals surface area contributed by atoms with Crippen molar-refractivity contribution in [2.75, 3.05) is 19.6 Å². The van der Waals surface area contributed by atoms with E-state index in [9.17, 15) is 0 Å². The summed E-state index contributed by atoms with van der Waals surface area (Å²) in [6, 6.07) is 0.720. The third-order valence-electron chi connectivity index (χ3n) is 5.03. The Bertz CT molecular complexity index is 428. The van der Waals surface area contributed by atoms with Crippen molar-refractivity contribution in [1.29, 1.82) is 0 Å². The van der Waals surface area contributed by atoms with Gasteiger partial charge in [0.1, 0.15) is 5.82 Å². The largest absolute Gasteiger partial charge is 0.333 e. The molecule has 1 fully saturated rings. The fraction of sp³-hybridized carbons (Fsp3) is 0.812. The highest BCUT2D eigenvalue weighted by molar-refractivity contribution is 4.96. The lowest BCUT2D eigenvalue weighted by Gasteiger charge is -2.39. The van der Waals surface area contributed by atoms with E-state index >= 15 is 0 Å². The van der Waals surface area contributed by atoms with Gasteiger partial charge in [-0.1, -0.05) is 13.8 Å². The maximum absolute atomic E-state index is 4.48. The molecule has 1 aromatic rings. The predicted molar refractivity (Wildman–Crippen MR) is 81.5 cm³/mol. The van der Waals surface area contributed by atoms with Crippen molar-refractivity contribution in [1.82, 2.24) is 19.8 Å². The Labute approximate surface area is 122 Å². The predicted octanol–water partition coefficient (Wildman–Crippen LogP) is 2.11. The first-order chi connectivity index (χ1) is 9.76. The molecule has 0 saturated heterocycles. The minimum atomic E-state index is 0.720. The number of hydrogen-bond donors (Lipinski definition) is 1. The van der Waals surface area contributed by atoms with Crippen LogP contribution in [0, 0.1) is 11.8 Å². The van der Waals surface area contributed by atoms with Crippen LogP contribution in [0.25, 0.3) is 0 Å². The van der Waals surface area contributed by atoms with Crippen molar-refractivity contribution >= 4 is 0 Å². The van der Waals surface area contributed by atoms with Gasteiger partial charge in [-0.25, -0.2) is 4.98 Å². The molecule has 0 amide bonds. The van der Waals surface area contributed by atoms with Gasteiger partial charge in [0.05, 0.1) is 6.54 Å². The minimum Gasteiger partial charge on any atom is -0.333 e. The lowest BCUT2D eigenvalue weighted by atomic mass is 9.78. The fourth-order valence-corrected chi connectivity index (χ4v) is 3.94. The molecular weight excluding hydrogens is 248 g/mol. The second-order valence-electron chi connectivity index (χ2n) is 6.61. The van der Waals surface area contributed by atoms with Crippen molar-refractivity contribution in [2.24, 2.45) is 11.8 Å². The number of hydrogen-bond acceptors (Lipinski definition) is 3. The highest BCUT2D eigenvalue weighted by Gasteiger charge is 2.30. The molecule has 2 aliphatic rings. The summed E-state index contributed by atoms with van der Waals surface area (Å²) in [6.45, 7) is 10.3. The normalized spacial score (nSPS) is 31.2. The summed E-state index contributed by atoms with van der Waals surface area (Å²) < 4.78 is 2.29. The van der Waals surface area contributed by atoms with E-state index in [1.54, 1.807) is 0 Å². The molecule has 0 spiro atoms. The summed E-state index contributed by atoms with van der Waals surface area (Å²) in [5.74, 6) is 2.93. The molecule has 1 aromatic heterocycles. The van der Waals surface area contributed by atoms with Crippen molar-refractivity contribution in [3.05, 3.63) is 18.2 Å². The smallest absolute Gasteiger partial charge is 0.122 e. The molecular formula is C16H28N4. The topological polar surface area (TPSA) is 33.1 Å². The number of nitrogens with one attached hydrogen (secondary N) is 1. The zero-order chi connectivity index (χ0) is 13.9. The van der Waals surface area contributed by atoms with Crippen LogP contribution in [0.5, 0.6) is 0 Å². The highest BCUT2D eigenvalue weighted by Crippen LogP contribution is 2.30. The third-order valence-corrected chi connectivity index (χ3v) is 5.03. The molecule has 20 heavy (non-hydrogen) atoms. The van der Waals surface area contributed by atoms with Gasteiger partial charge in [-0.3, -0.25) is 4.90 Å². The second-order valence-corrected chi connectivity index (χ2v) is 6.61. The zero-order valence-electron chi connectivity index (χ0n) is 12.9. The van der Waals surface area contributed by atoms with E-state index in [0.29, 0.717) is 0 Å². The van der Waals surface area contributed by atoms with Gasteiger partial charge < -0.3 is 9.88 Å². The molecule has 1 saturated carbocycles. The first-order valence-electron chi connectivity index (χ1n) is 8.22. The van der Waals surface area contributed by atoms with Gasteiger partial charge >= 0.3 is 0 Å². The Morgan fingerprint density at radius 2 is 2.25 bits per heavy atom. The Kier molecular flexibility index (Phi) is 4.41. The van der Waals surface area contributed by atoms with Crippen molar-refractivity contribution in [2.45, 2.75) is 52.2 Å². The van der Waals surface area contributed by atoms with Crippen LogP contribution in [0.3, 0.4) is 0 Å². The van der Waals surface area contributed by atoms with Crippen LogP contribution < -0.4 is 5.32 Å². The van der Waals surface area contributed by atoms with Gasteiger partial charge in [0.25, 0.3) is 0 Å². The molecule has 2 heterocycles. The maximum atomic E-state index is 4.48. The van der Waals surface area contributed by atoms with E-state index < -0.39 is 0 Å². The molecule has 4 nitrogen and oxygen atoms in total. The van der Waals surface area contributed by atoms with Crippen molar-refractivity contribution < 1.29 is 0 Å². The molecule has 3 rings (SSSR count). The van der Waals surface area contributed by atoms with Crippen LogP contribution in [-0.2, 0) is 13.1 Å². The van der Waals surface area contributed by atoms with Crippen LogP contribution in [0.15, 0.2) is 12.4 Å². The van der Waals surface area contributed by atoms with Crippen molar-refractivity contribution in [3.8, 4) is 0 Å². The first kappa shape index (κ1) is 14.1. The summed E-state index contributed by atoms with van der Waals surface area (Å²) in [5.41, 5.74) is 0. The van der Waals surface area contributed by atoms with E-state index in [1.807, 2.05) is 6.20 Å². The lowest BCUT2D eigenvalue weighted by Crippen LogP contribution is -2.47. The Morgan fingerprint density at radius 3 is 3.10 bits per heavy atom. The molecule has 1 aliphatic carbocycles. The van der Waals surface area contributed by atoms with E-state index in [1.165, 1.54) is 38.2 Å². The number of fused-ring (bicyclic) bond motifs is 1. The molecule has 3 atom stereocenters. The molecule has 0 radical (unpaired) electrons. The molecule has 3 unspecified atom stereocenters. The van der Waals surface area contributed by atoms with Crippen LogP contribution in [0.2, 0.25) is 0 Å². The van der Waals surface area contributed by atoms with Gasteiger partial charge in [-0.2, -0.15) is 0 Å². The molecule has 1 N–H and O–H groups in total. The van der Waals surface area contributed by atoms with E-state index in [0.717, 1.165) is 37.5 Å². The van der Waals surface area contributed by atoms with Gasteiger partial charge in [-0.15, -0.1) is 0 Å². The average molecular weight is 276 g/mol. The molecule has 4 heteroatoms. The van der Waals surface area contributed by atoms with Gasteiger partial charge in [0.2, 0.25) is 0 Å². The van der Waals surface area contributed by atoms with E-state index in [-0.39, 0.29) is 0 Å². The minimum absolute atomic E-state index is 0.720. The zero-order valence-corrected chi connectivity index (χ0v) is 12.9. The van der Waals surface area contributed by atoms with Gasteiger partial charge in [-0.05, 0) is 37.6 Å². The fourth-order valence-electron chi connectivity index (χ4n) is 3.94. The first-order valence-corrected chi connectivity index (χ1v) is 8.22. The third kappa shape index (κ3) is 3.07. The Hall–Kier alpha value is -0.870.